The molecule has 1 amide bonds. The maximum absolute atomic E-state index is 12.8. The molecule has 1 fully saturated rings. The van der Waals surface area contributed by atoms with Gasteiger partial charge in [0, 0.05) is 31.8 Å². The fourth-order valence-corrected chi connectivity index (χ4v) is 4.38. The third-order valence-corrected chi connectivity index (χ3v) is 5.82. The number of benzene rings is 1. The number of amides is 1. The van der Waals surface area contributed by atoms with Crippen LogP contribution in [-0.2, 0) is 14.8 Å². The maximum Gasteiger partial charge on any atom is 0.251 e. The number of sulfonamides is 1. The summed E-state index contributed by atoms with van der Waals surface area (Å²) in [4.78, 5) is 12.3. The Bertz CT molecular complexity index is 684. The number of rotatable bonds is 7. The van der Waals surface area contributed by atoms with Crippen molar-refractivity contribution in [2.24, 2.45) is 0 Å². The van der Waals surface area contributed by atoms with E-state index >= 15 is 0 Å². The summed E-state index contributed by atoms with van der Waals surface area (Å²) < 4.78 is 37.2. The molecule has 7 nitrogen and oxygen atoms in total. The van der Waals surface area contributed by atoms with Gasteiger partial charge in [0.25, 0.3) is 5.91 Å². The number of ether oxygens (including phenoxy) is 2. The second kappa shape index (κ2) is 7.96. The molecule has 1 aromatic carbocycles. The second-order valence-electron chi connectivity index (χ2n) is 5.81. The summed E-state index contributed by atoms with van der Waals surface area (Å²) in [5.41, 5.74) is 0.275. The van der Waals surface area contributed by atoms with Crippen molar-refractivity contribution in [3.8, 4) is 5.75 Å². The molecule has 1 atom stereocenters. The summed E-state index contributed by atoms with van der Waals surface area (Å²) in [6.45, 7) is 3.17. The number of carbonyl (C=O) groups is 1. The van der Waals surface area contributed by atoms with Crippen molar-refractivity contribution < 1.29 is 22.7 Å². The Morgan fingerprint density at radius 2 is 1.96 bits per heavy atom. The van der Waals surface area contributed by atoms with Crippen LogP contribution in [0.3, 0.4) is 0 Å². The average molecular weight is 356 g/mol. The van der Waals surface area contributed by atoms with Crippen molar-refractivity contribution in [1.82, 2.24) is 9.62 Å². The zero-order chi connectivity index (χ0) is 17.7. The van der Waals surface area contributed by atoms with E-state index in [2.05, 4.69) is 5.32 Å². The highest BCUT2D eigenvalue weighted by Gasteiger charge is 2.30. The predicted molar refractivity (Wildman–Crippen MR) is 89.8 cm³/mol. The van der Waals surface area contributed by atoms with Gasteiger partial charge in [-0.15, -0.1) is 0 Å². The molecule has 1 unspecified atom stereocenters. The molecule has 1 aliphatic heterocycles. The number of carbonyl (C=O) groups excluding carboxylic acids is 1. The molecule has 0 radical (unpaired) electrons. The van der Waals surface area contributed by atoms with E-state index in [1.165, 1.54) is 23.5 Å². The first-order chi connectivity index (χ1) is 11.4. The van der Waals surface area contributed by atoms with Crippen molar-refractivity contribution in [2.45, 2.75) is 30.7 Å². The number of hydrogen-bond donors (Lipinski definition) is 1. The fraction of sp³-hybridized carbons (Fsp3) is 0.562. The van der Waals surface area contributed by atoms with Gasteiger partial charge in [-0.2, -0.15) is 4.31 Å². The molecular formula is C16H24N2O5S. The zero-order valence-corrected chi connectivity index (χ0v) is 15.1. The summed E-state index contributed by atoms with van der Waals surface area (Å²) in [5.74, 6) is -0.108. The van der Waals surface area contributed by atoms with E-state index in [0.717, 1.165) is 12.8 Å². The quantitative estimate of drug-likeness (QED) is 0.795. The summed E-state index contributed by atoms with van der Waals surface area (Å²) >= 11 is 0. The molecule has 24 heavy (non-hydrogen) atoms. The lowest BCUT2D eigenvalue weighted by molar-refractivity contribution is 0.0905. The molecule has 1 aromatic rings. The van der Waals surface area contributed by atoms with E-state index in [-0.39, 0.29) is 28.2 Å². The van der Waals surface area contributed by atoms with E-state index in [4.69, 9.17) is 9.47 Å². The van der Waals surface area contributed by atoms with Gasteiger partial charge in [0.15, 0.2) is 0 Å². The smallest absolute Gasteiger partial charge is 0.251 e. The minimum absolute atomic E-state index is 0.0268. The van der Waals surface area contributed by atoms with Crippen LogP contribution < -0.4 is 10.1 Å². The number of nitrogens with one attached hydrogen (secondary N) is 1. The van der Waals surface area contributed by atoms with Crippen LogP contribution in [0.4, 0.5) is 0 Å². The van der Waals surface area contributed by atoms with Gasteiger partial charge in [0.1, 0.15) is 10.6 Å². The van der Waals surface area contributed by atoms with Crippen molar-refractivity contribution in [1.29, 1.82) is 0 Å². The van der Waals surface area contributed by atoms with E-state index in [1.54, 1.807) is 13.2 Å². The van der Waals surface area contributed by atoms with Crippen LogP contribution in [-0.4, -0.2) is 58.6 Å². The number of nitrogens with zero attached hydrogens (tertiary/aromatic N) is 1. The van der Waals surface area contributed by atoms with Gasteiger partial charge >= 0.3 is 0 Å². The summed E-state index contributed by atoms with van der Waals surface area (Å²) in [6.07, 6.45) is 1.69. The van der Waals surface area contributed by atoms with Crippen LogP contribution in [0, 0.1) is 0 Å². The van der Waals surface area contributed by atoms with Crippen LogP contribution in [0.15, 0.2) is 23.1 Å². The third-order valence-electron chi connectivity index (χ3n) is 3.90. The Labute approximate surface area is 143 Å². The topological polar surface area (TPSA) is 84.9 Å². The highest BCUT2D eigenvalue weighted by atomic mass is 32.2. The van der Waals surface area contributed by atoms with Gasteiger partial charge in [-0.05, 0) is 38.0 Å². The SMILES string of the molecule is COCC(C)NC(=O)c1ccc(OC)c(S(=O)(=O)N2CCCC2)c1. The molecule has 2 rings (SSSR count). The predicted octanol–water partition coefficient (Wildman–Crippen LogP) is 1.24. The van der Waals surface area contributed by atoms with Crippen LogP contribution in [0.5, 0.6) is 5.75 Å². The Morgan fingerprint density at radius 3 is 2.54 bits per heavy atom. The lowest BCUT2D eigenvalue weighted by atomic mass is 10.2. The minimum Gasteiger partial charge on any atom is -0.495 e. The molecular weight excluding hydrogens is 332 g/mol. The molecule has 1 heterocycles. The van der Waals surface area contributed by atoms with E-state index in [9.17, 15) is 13.2 Å². The van der Waals surface area contributed by atoms with Gasteiger partial charge in [-0.25, -0.2) is 8.42 Å². The molecule has 0 bridgehead atoms. The van der Waals surface area contributed by atoms with Crippen molar-refractivity contribution in [3.05, 3.63) is 23.8 Å². The molecule has 1 saturated heterocycles. The number of methoxy groups -OCH3 is 2. The summed E-state index contributed by atoms with van der Waals surface area (Å²) in [7, 11) is -0.705. The average Bonchev–Trinajstić information content (AvgIpc) is 3.09. The molecule has 0 aliphatic carbocycles. The minimum atomic E-state index is -3.67. The van der Waals surface area contributed by atoms with Crippen molar-refractivity contribution in [2.75, 3.05) is 33.9 Å². The first-order valence-corrected chi connectivity index (χ1v) is 9.32. The summed E-state index contributed by atoms with van der Waals surface area (Å²) in [6, 6.07) is 4.26. The third kappa shape index (κ3) is 4.06. The van der Waals surface area contributed by atoms with E-state index < -0.39 is 10.0 Å². The van der Waals surface area contributed by atoms with E-state index in [0.29, 0.717) is 19.7 Å². The van der Waals surface area contributed by atoms with Crippen molar-refractivity contribution >= 4 is 15.9 Å². The largest absolute Gasteiger partial charge is 0.495 e. The normalized spacial score (nSPS) is 16.8. The maximum atomic E-state index is 12.8. The van der Waals surface area contributed by atoms with E-state index in [1.807, 2.05) is 6.92 Å². The van der Waals surface area contributed by atoms with Crippen LogP contribution >= 0.6 is 0 Å². The lowest BCUT2D eigenvalue weighted by Crippen LogP contribution is -2.35. The van der Waals surface area contributed by atoms with Crippen LogP contribution in [0.25, 0.3) is 0 Å². The van der Waals surface area contributed by atoms with Gasteiger partial charge in [-0.1, -0.05) is 0 Å². The highest BCUT2D eigenvalue weighted by molar-refractivity contribution is 7.89. The fourth-order valence-electron chi connectivity index (χ4n) is 2.69. The van der Waals surface area contributed by atoms with Gasteiger partial charge in [0.05, 0.1) is 13.7 Å². The summed E-state index contributed by atoms with van der Waals surface area (Å²) in [5, 5.41) is 2.77. The van der Waals surface area contributed by atoms with Crippen molar-refractivity contribution in [3.63, 3.8) is 0 Å². The Hall–Kier alpha value is -1.64. The molecule has 0 saturated carbocycles. The first-order valence-electron chi connectivity index (χ1n) is 7.88. The highest BCUT2D eigenvalue weighted by Crippen LogP contribution is 2.29. The number of hydrogen-bond acceptors (Lipinski definition) is 5. The Morgan fingerprint density at radius 1 is 1.29 bits per heavy atom. The van der Waals surface area contributed by atoms with Crippen LogP contribution in [0.2, 0.25) is 0 Å². The second-order valence-corrected chi connectivity index (χ2v) is 7.71. The Kier molecular flexibility index (Phi) is 6.20. The molecule has 134 valence electrons. The molecule has 1 aliphatic rings. The molecule has 1 N–H and O–H groups in total. The van der Waals surface area contributed by atoms with Gasteiger partial charge < -0.3 is 14.8 Å². The molecule has 0 spiro atoms. The lowest BCUT2D eigenvalue weighted by Gasteiger charge is -2.19. The van der Waals surface area contributed by atoms with Crippen LogP contribution in [0.1, 0.15) is 30.1 Å². The Balaban J connectivity index is 2.32. The molecule has 8 heteroatoms. The monoisotopic (exact) mass is 356 g/mol. The van der Waals surface area contributed by atoms with Gasteiger partial charge in [-0.3, -0.25) is 4.79 Å². The zero-order valence-electron chi connectivity index (χ0n) is 14.2. The first kappa shape index (κ1) is 18.7. The van der Waals surface area contributed by atoms with Gasteiger partial charge in [0.2, 0.25) is 10.0 Å². The standard InChI is InChI=1S/C16H24N2O5S/c1-12(11-22-2)17-16(19)13-6-7-14(23-3)15(10-13)24(20,21)18-8-4-5-9-18/h6-7,10,12H,4-5,8-9,11H2,1-3H3,(H,17,19). The molecule has 0 aromatic heterocycles.